The molecule has 1 unspecified atom stereocenters. The molecule has 9 heteroatoms. The van der Waals surface area contributed by atoms with Crippen LogP contribution >= 0.6 is 0 Å². The fourth-order valence-corrected chi connectivity index (χ4v) is 3.61. The number of carbonyl (C=O) groups excluding carboxylic acids is 3. The number of hydrogen-bond acceptors (Lipinski definition) is 6. The number of hydrogen-bond donors (Lipinski definition) is 2. The molecule has 0 aliphatic carbocycles. The number of nitrogens with one attached hydrogen (secondary N) is 2. The molecule has 9 nitrogen and oxygen atoms in total. The molecule has 0 spiro atoms. The molecule has 1 aliphatic heterocycles. The molecule has 0 fully saturated rings. The first-order valence-electron chi connectivity index (χ1n) is 11.0. The van der Waals surface area contributed by atoms with Crippen LogP contribution in [0, 0.1) is 31.1 Å². The van der Waals surface area contributed by atoms with Crippen molar-refractivity contribution in [3.63, 3.8) is 0 Å². The van der Waals surface area contributed by atoms with Crippen molar-refractivity contribution in [3.8, 4) is 6.07 Å². The van der Waals surface area contributed by atoms with Crippen LogP contribution in [0.15, 0.2) is 22.9 Å². The Kier molecular flexibility index (Phi) is 8.85. The molecule has 0 saturated heterocycles. The lowest BCUT2D eigenvalue weighted by Crippen LogP contribution is -2.50. The number of rotatable bonds is 9. The lowest BCUT2D eigenvalue weighted by atomic mass is 10.0. The summed E-state index contributed by atoms with van der Waals surface area (Å²) in [5.74, 6) is -0.907. The number of nitrogens with zero attached hydrogens (tertiary/aromatic N) is 2. The van der Waals surface area contributed by atoms with Crippen LogP contribution in [0.4, 0.5) is 4.79 Å². The van der Waals surface area contributed by atoms with E-state index in [0.29, 0.717) is 5.92 Å². The standard InChI is InChI=1S/C24H32N4O5/c1-7-32-23(30)21-16(5)26-24(31)27-20(21)13-33-22(29)19(12-25)11-18-10-15(4)28(17(18)6)9-8-14(2)3/h10-11,14,16H,7-9,13H2,1-6H3,(H2,26,27,31)/b19-11+. The molecular weight excluding hydrogens is 424 g/mol. The van der Waals surface area contributed by atoms with Crippen molar-refractivity contribution in [1.82, 2.24) is 15.2 Å². The van der Waals surface area contributed by atoms with Gasteiger partial charge in [-0.25, -0.2) is 14.4 Å². The van der Waals surface area contributed by atoms with E-state index in [9.17, 15) is 19.6 Å². The van der Waals surface area contributed by atoms with Crippen LogP contribution in [0.5, 0.6) is 0 Å². The predicted octanol–water partition coefficient (Wildman–Crippen LogP) is 3.12. The van der Waals surface area contributed by atoms with E-state index in [2.05, 4.69) is 29.0 Å². The van der Waals surface area contributed by atoms with E-state index < -0.39 is 24.0 Å². The van der Waals surface area contributed by atoms with Gasteiger partial charge in [-0.2, -0.15) is 5.26 Å². The number of aryl methyl sites for hydroxylation is 1. The van der Waals surface area contributed by atoms with Crippen molar-refractivity contribution in [2.45, 2.75) is 60.5 Å². The average molecular weight is 457 g/mol. The summed E-state index contributed by atoms with van der Waals surface area (Å²) in [5, 5.41) is 14.6. The highest BCUT2D eigenvalue weighted by atomic mass is 16.5. The van der Waals surface area contributed by atoms with E-state index in [-0.39, 0.29) is 30.1 Å². The lowest BCUT2D eigenvalue weighted by Gasteiger charge is -2.26. The normalized spacial score (nSPS) is 16.2. The molecule has 2 amide bonds. The number of ether oxygens (including phenoxy) is 2. The Morgan fingerprint density at radius 3 is 2.61 bits per heavy atom. The number of esters is 2. The number of aromatic nitrogens is 1. The van der Waals surface area contributed by atoms with Crippen molar-refractivity contribution in [1.29, 1.82) is 5.26 Å². The molecule has 178 valence electrons. The van der Waals surface area contributed by atoms with E-state index in [0.717, 1.165) is 29.9 Å². The van der Waals surface area contributed by atoms with Crippen LogP contribution in [0.25, 0.3) is 6.08 Å². The van der Waals surface area contributed by atoms with E-state index in [1.54, 1.807) is 13.8 Å². The second-order valence-electron chi connectivity index (χ2n) is 8.34. The minimum Gasteiger partial charge on any atom is -0.463 e. The quantitative estimate of drug-likeness (QED) is 0.334. The topological polar surface area (TPSA) is 122 Å². The largest absolute Gasteiger partial charge is 0.463 e. The molecule has 2 rings (SSSR count). The van der Waals surface area contributed by atoms with Gasteiger partial charge in [0, 0.05) is 17.9 Å². The first kappa shape index (κ1) is 25.7. The van der Waals surface area contributed by atoms with Crippen molar-refractivity contribution in [2.24, 2.45) is 5.92 Å². The molecule has 1 aromatic heterocycles. The summed E-state index contributed by atoms with van der Waals surface area (Å²) in [5.41, 5.74) is 2.88. The number of nitriles is 1. The third kappa shape index (κ3) is 6.48. The fourth-order valence-electron chi connectivity index (χ4n) is 3.61. The number of urea groups is 1. The van der Waals surface area contributed by atoms with E-state index in [1.807, 2.05) is 26.0 Å². The summed E-state index contributed by atoms with van der Waals surface area (Å²) >= 11 is 0. The van der Waals surface area contributed by atoms with Crippen LogP contribution < -0.4 is 10.6 Å². The van der Waals surface area contributed by atoms with Crippen molar-refractivity contribution >= 4 is 24.0 Å². The first-order chi connectivity index (χ1) is 15.6. The van der Waals surface area contributed by atoms with Gasteiger partial charge in [0.05, 0.1) is 23.9 Å². The van der Waals surface area contributed by atoms with Gasteiger partial charge in [-0.15, -0.1) is 0 Å². The highest BCUT2D eigenvalue weighted by Gasteiger charge is 2.30. The van der Waals surface area contributed by atoms with Gasteiger partial charge in [0.1, 0.15) is 18.2 Å². The van der Waals surface area contributed by atoms with Gasteiger partial charge in [-0.1, -0.05) is 13.8 Å². The summed E-state index contributed by atoms with van der Waals surface area (Å²) in [6.45, 7) is 12.2. The lowest BCUT2D eigenvalue weighted by molar-refractivity contribution is -0.140. The maximum Gasteiger partial charge on any atom is 0.349 e. The molecule has 0 bridgehead atoms. The zero-order chi connectivity index (χ0) is 24.7. The van der Waals surface area contributed by atoms with Crippen LogP contribution in [-0.2, 0) is 25.6 Å². The minimum atomic E-state index is -0.847. The molecule has 1 aromatic rings. The number of carbonyl (C=O) groups is 3. The average Bonchev–Trinajstić information content (AvgIpc) is 3.00. The van der Waals surface area contributed by atoms with Crippen molar-refractivity contribution in [3.05, 3.63) is 39.9 Å². The van der Waals surface area contributed by atoms with Crippen LogP contribution in [0.3, 0.4) is 0 Å². The van der Waals surface area contributed by atoms with Gasteiger partial charge < -0.3 is 24.7 Å². The Hall–Kier alpha value is -3.54. The Morgan fingerprint density at radius 2 is 2.00 bits per heavy atom. The molecule has 2 N–H and O–H groups in total. The highest BCUT2D eigenvalue weighted by Crippen LogP contribution is 2.21. The summed E-state index contributed by atoms with van der Waals surface area (Å²) < 4.78 is 12.5. The van der Waals surface area contributed by atoms with Crippen molar-refractivity contribution < 1.29 is 23.9 Å². The van der Waals surface area contributed by atoms with Gasteiger partial charge in [0.15, 0.2) is 0 Å². The third-order valence-corrected chi connectivity index (χ3v) is 5.40. The van der Waals surface area contributed by atoms with Gasteiger partial charge in [0.2, 0.25) is 0 Å². The second-order valence-corrected chi connectivity index (χ2v) is 8.34. The summed E-state index contributed by atoms with van der Waals surface area (Å²) in [6.07, 6.45) is 2.52. The van der Waals surface area contributed by atoms with E-state index in [1.165, 1.54) is 6.08 Å². The molecular formula is C24H32N4O5. The van der Waals surface area contributed by atoms with Crippen LogP contribution in [0.2, 0.25) is 0 Å². The molecule has 0 saturated carbocycles. The first-order valence-corrected chi connectivity index (χ1v) is 11.0. The smallest absolute Gasteiger partial charge is 0.349 e. The molecule has 1 atom stereocenters. The molecule has 0 radical (unpaired) electrons. The van der Waals surface area contributed by atoms with E-state index >= 15 is 0 Å². The zero-order valence-corrected chi connectivity index (χ0v) is 20.1. The molecule has 33 heavy (non-hydrogen) atoms. The zero-order valence-electron chi connectivity index (χ0n) is 20.1. The molecule has 0 aromatic carbocycles. The predicted molar refractivity (Wildman–Crippen MR) is 123 cm³/mol. The second kappa shape index (κ2) is 11.4. The Bertz CT molecular complexity index is 1030. The van der Waals surface area contributed by atoms with Gasteiger partial charge >= 0.3 is 18.0 Å². The van der Waals surface area contributed by atoms with E-state index in [4.69, 9.17) is 9.47 Å². The van der Waals surface area contributed by atoms with Crippen LogP contribution in [-0.4, -0.2) is 41.8 Å². The maximum atomic E-state index is 12.6. The number of amides is 2. The Balaban J connectivity index is 2.23. The Labute approximate surface area is 194 Å². The summed E-state index contributed by atoms with van der Waals surface area (Å²) in [7, 11) is 0. The minimum absolute atomic E-state index is 0.127. The SMILES string of the molecule is CCOC(=O)C1=C(COC(=O)/C(C#N)=C/c2cc(C)n(CCC(C)C)c2C)NC(=O)NC1C. The molecule has 1 aliphatic rings. The van der Waals surface area contributed by atoms with Crippen LogP contribution in [0.1, 0.15) is 51.1 Å². The monoisotopic (exact) mass is 456 g/mol. The van der Waals surface area contributed by atoms with Gasteiger partial charge in [-0.3, -0.25) is 0 Å². The van der Waals surface area contributed by atoms with Gasteiger partial charge in [0.25, 0.3) is 0 Å². The van der Waals surface area contributed by atoms with Gasteiger partial charge in [-0.05, 0) is 57.7 Å². The Morgan fingerprint density at radius 1 is 1.30 bits per heavy atom. The third-order valence-electron chi connectivity index (χ3n) is 5.40. The highest BCUT2D eigenvalue weighted by molar-refractivity contribution is 5.98. The molecule has 2 heterocycles. The summed E-state index contributed by atoms with van der Waals surface area (Å²) in [6, 6.07) is 2.67. The maximum absolute atomic E-state index is 12.6. The van der Waals surface area contributed by atoms with Crippen molar-refractivity contribution in [2.75, 3.05) is 13.2 Å². The fraction of sp³-hybridized carbons (Fsp3) is 0.500. The summed E-state index contributed by atoms with van der Waals surface area (Å²) in [4.78, 5) is 36.7.